The van der Waals surface area contributed by atoms with Crippen molar-refractivity contribution in [1.82, 2.24) is 25.4 Å². The zero-order chi connectivity index (χ0) is 22.0. The molecule has 1 atom stereocenters. The molecule has 0 spiro atoms. The number of carbonyl (C=O) groups excluding carboxylic acids is 3. The standard InChI is InChI=1S/C22H22ClN5O3/c1-2-28-17-12-27(13-18(29)25-11-14-4-3-9-24-10-14)21(30)19(17)20(26-22(28)31)15-5-7-16(23)8-6-15/h3-10,20H,2,11-13H2,1H3,(H,25,29)(H,26,31)/t20-/m0/s1. The molecule has 0 bridgehead atoms. The predicted octanol–water partition coefficient (Wildman–Crippen LogP) is 2.23. The molecule has 0 fully saturated rings. The van der Waals surface area contributed by atoms with Gasteiger partial charge in [-0.15, -0.1) is 0 Å². The van der Waals surface area contributed by atoms with Gasteiger partial charge in [0.2, 0.25) is 5.91 Å². The molecule has 31 heavy (non-hydrogen) atoms. The summed E-state index contributed by atoms with van der Waals surface area (Å²) >= 11 is 5.99. The Balaban J connectivity index is 1.51. The Morgan fingerprint density at radius 3 is 2.71 bits per heavy atom. The number of likely N-dealkylation sites (N-methyl/N-ethyl adjacent to an activating group) is 1. The summed E-state index contributed by atoms with van der Waals surface area (Å²) in [5, 5.41) is 6.28. The monoisotopic (exact) mass is 439 g/mol. The Bertz CT molecular complexity index is 1040. The number of hydrogen-bond acceptors (Lipinski definition) is 4. The van der Waals surface area contributed by atoms with E-state index < -0.39 is 6.04 Å². The van der Waals surface area contributed by atoms with Crippen LogP contribution in [-0.4, -0.2) is 52.3 Å². The van der Waals surface area contributed by atoms with E-state index in [0.29, 0.717) is 29.4 Å². The molecule has 0 aliphatic carbocycles. The van der Waals surface area contributed by atoms with Crippen molar-refractivity contribution in [3.8, 4) is 0 Å². The van der Waals surface area contributed by atoms with Crippen LogP contribution in [0.15, 0.2) is 60.1 Å². The van der Waals surface area contributed by atoms with Crippen molar-refractivity contribution in [3.63, 3.8) is 0 Å². The third-order valence-electron chi connectivity index (χ3n) is 5.36. The summed E-state index contributed by atoms with van der Waals surface area (Å²) in [6.07, 6.45) is 3.34. The molecule has 160 valence electrons. The van der Waals surface area contributed by atoms with Crippen LogP contribution in [0.25, 0.3) is 0 Å². The first-order valence-electron chi connectivity index (χ1n) is 9.99. The Morgan fingerprint density at radius 2 is 2.03 bits per heavy atom. The fourth-order valence-electron chi connectivity index (χ4n) is 3.85. The second-order valence-electron chi connectivity index (χ2n) is 7.34. The highest BCUT2D eigenvalue weighted by Gasteiger charge is 2.43. The number of halogens is 1. The largest absolute Gasteiger partial charge is 0.350 e. The lowest BCUT2D eigenvalue weighted by molar-refractivity contribution is -0.132. The minimum absolute atomic E-state index is 0.0921. The Hall–Kier alpha value is -3.39. The van der Waals surface area contributed by atoms with Crippen molar-refractivity contribution in [2.24, 2.45) is 0 Å². The molecule has 8 nitrogen and oxygen atoms in total. The second-order valence-corrected chi connectivity index (χ2v) is 7.77. The normalized spacial score (nSPS) is 18.2. The second kappa shape index (κ2) is 8.77. The SMILES string of the molecule is CCN1C(=O)N[C@@H](c2ccc(Cl)cc2)C2=C1CN(CC(=O)NCc1cccnc1)C2=O. The molecule has 0 saturated carbocycles. The number of rotatable bonds is 6. The lowest BCUT2D eigenvalue weighted by Gasteiger charge is -2.32. The molecule has 0 radical (unpaired) electrons. The summed E-state index contributed by atoms with van der Waals surface area (Å²) < 4.78 is 0. The van der Waals surface area contributed by atoms with E-state index in [2.05, 4.69) is 15.6 Å². The number of benzene rings is 1. The number of nitrogens with one attached hydrogen (secondary N) is 2. The summed E-state index contributed by atoms with van der Waals surface area (Å²) in [6.45, 7) is 2.72. The van der Waals surface area contributed by atoms with Crippen LogP contribution < -0.4 is 10.6 Å². The van der Waals surface area contributed by atoms with Gasteiger partial charge in [-0.1, -0.05) is 29.8 Å². The molecule has 0 unspecified atom stereocenters. The third-order valence-corrected chi connectivity index (χ3v) is 5.62. The van der Waals surface area contributed by atoms with Gasteiger partial charge >= 0.3 is 6.03 Å². The average Bonchev–Trinajstić information content (AvgIpc) is 3.09. The van der Waals surface area contributed by atoms with Gasteiger partial charge in [0.25, 0.3) is 5.91 Å². The molecule has 4 amide bonds. The number of aromatic nitrogens is 1. The number of carbonyl (C=O) groups is 3. The molecule has 9 heteroatoms. The van der Waals surface area contributed by atoms with Crippen LogP contribution in [-0.2, 0) is 16.1 Å². The van der Waals surface area contributed by atoms with Gasteiger partial charge in [-0.3, -0.25) is 19.5 Å². The summed E-state index contributed by atoms with van der Waals surface area (Å²) in [5.74, 6) is -0.535. The minimum atomic E-state index is -0.585. The first kappa shape index (κ1) is 20.9. The zero-order valence-electron chi connectivity index (χ0n) is 17.0. The fourth-order valence-corrected chi connectivity index (χ4v) is 3.97. The quantitative estimate of drug-likeness (QED) is 0.721. The van der Waals surface area contributed by atoms with Gasteiger partial charge in [0.05, 0.1) is 23.9 Å². The number of urea groups is 1. The van der Waals surface area contributed by atoms with Crippen molar-refractivity contribution in [2.45, 2.75) is 19.5 Å². The molecular formula is C22H22ClN5O3. The molecule has 2 aliphatic heterocycles. The first-order valence-corrected chi connectivity index (χ1v) is 10.4. The molecule has 1 aromatic heterocycles. The van der Waals surface area contributed by atoms with E-state index in [-0.39, 0.29) is 30.9 Å². The van der Waals surface area contributed by atoms with Crippen LogP contribution >= 0.6 is 11.6 Å². The summed E-state index contributed by atoms with van der Waals surface area (Å²) in [7, 11) is 0. The average molecular weight is 440 g/mol. The molecule has 0 saturated heterocycles. The van der Waals surface area contributed by atoms with E-state index >= 15 is 0 Å². The lowest BCUT2D eigenvalue weighted by atomic mass is 9.95. The van der Waals surface area contributed by atoms with Gasteiger partial charge in [0, 0.05) is 30.5 Å². The highest BCUT2D eigenvalue weighted by Crippen LogP contribution is 2.36. The van der Waals surface area contributed by atoms with Crippen LogP contribution in [0.3, 0.4) is 0 Å². The van der Waals surface area contributed by atoms with E-state index in [0.717, 1.165) is 11.1 Å². The van der Waals surface area contributed by atoms with Crippen molar-refractivity contribution >= 4 is 29.4 Å². The molecule has 3 heterocycles. The van der Waals surface area contributed by atoms with Crippen LogP contribution in [0.1, 0.15) is 24.1 Å². The van der Waals surface area contributed by atoms with E-state index in [4.69, 9.17) is 11.6 Å². The summed E-state index contributed by atoms with van der Waals surface area (Å²) in [6, 6.07) is 9.82. The van der Waals surface area contributed by atoms with Crippen molar-refractivity contribution in [1.29, 1.82) is 0 Å². The van der Waals surface area contributed by atoms with Gasteiger partial charge < -0.3 is 15.5 Å². The molecule has 2 N–H and O–H groups in total. The molecule has 2 aliphatic rings. The number of hydrogen-bond donors (Lipinski definition) is 2. The zero-order valence-corrected chi connectivity index (χ0v) is 17.7. The maximum absolute atomic E-state index is 13.2. The van der Waals surface area contributed by atoms with Crippen molar-refractivity contribution < 1.29 is 14.4 Å². The summed E-state index contributed by atoms with van der Waals surface area (Å²) in [4.78, 5) is 45.4. The van der Waals surface area contributed by atoms with E-state index in [1.165, 1.54) is 4.90 Å². The van der Waals surface area contributed by atoms with Gasteiger partial charge in [0.15, 0.2) is 0 Å². The van der Waals surface area contributed by atoms with Gasteiger partial charge in [-0.05, 0) is 36.2 Å². The topological polar surface area (TPSA) is 94.6 Å². The smallest absolute Gasteiger partial charge is 0.322 e. The Kier molecular flexibility index (Phi) is 5.90. The highest BCUT2D eigenvalue weighted by atomic mass is 35.5. The van der Waals surface area contributed by atoms with Gasteiger partial charge in [0.1, 0.15) is 6.54 Å². The number of pyridine rings is 1. The molecule has 4 rings (SSSR count). The molecule has 2 aromatic rings. The third kappa shape index (κ3) is 4.25. The maximum atomic E-state index is 13.2. The van der Waals surface area contributed by atoms with E-state index in [9.17, 15) is 14.4 Å². The number of nitrogens with zero attached hydrogens (tertiary/aromatic N) is 3. The molecular weight excluding hydrogens is 418 g/mol. The van der Waals surface area contributed by atoms with Gasteiger partial charge in [-0.2, -0.15) is 0 Å². The van der Waals surface area contributed by atoms with Crippen LogP contribution in [0.4, 0.5) is 4.79 Å². The van der Waals surface area contributed by atoms with E-state index in [1.807, 2.05) is 13.0 Å². The Morgan fingerprint density at radius 1 is 1.26 bits per heavy atom. The van der Waals surface area contributed by atoms with Crippen LogP contribution in [0, 0.1) is 0 Å². The maximum Gasteiger partial charge on any atom is 0.322 e. The predicted molar refractivity (Wildman–Crippen MR) is 115 cm³/mol. The first-order chi connectivity index (χ1) is 15.0. The Labute approximate surface area is 184 Å². The van der Waals surface area contributed by atoms with Gasteiger partial charge in [-0.25, -0.2) is 4.79 Å². The highest BCUT2D eigenvalue weighted by molar-refractivity contribution is 6.30. The van der Waals surface area contributed by atoms with Crippen molar-refractivity contribution in [3.05, 3.63) is 76.2 Å². The number of amides is 4. The summed E-state index contributed by atoms with van der Waals surface area (Å²) in [5.41, 5.74) is 2.76. The van der Waals surface area contributed by atoms with E-state index in [1.54, 1.807) is 47.6 Å². The minimum Gasteiger partial charge on any atom is -0.350 e. The lowest BCUT2D eigenvalue weighted by Crippen LogP contribution is -2.47. The fraction of sp³-hybridized carbons (Fsp3) is 0.273. The van der Waals surface area contributed by atoms with Crippen LogP contribution in [0.5, 0.6) is 0 Å². The van der Waals surface area contributed by atoms with Crippen LogP contribution in [0.2, 0.25) is 5.02 Å². The molecule has 1 aromatic carbocycles. The van der Waals surface area contributed by atoms with Crippen molar-refractivity contribution in [2.75, 3.05) is 19.6 Å².